The first kappa shape index (κ1) is 10.6. The second kappa shape index (κ2) is 4.69. The number of Topliss-reactive ketones (excluding diaryl/α,β-unsaturated/α-hetero) is 1. The average molecular weight is 188 g/mol. The molecule has 0 amide bonds. The Labute approximate surface area is 77.8 Å². The highest BCUT2D eigenvalue weighted by atomic mass is 16.7. The summed E-state index contributed by atoms with van der Waals surface area (Å²) in [4.78, 5) is 11.3. The molecule has 1 unspecified atom stereocenters. The molecular weight excluding hydrogens is 172 g/mol. The Morgan fingerprint density at radius 3 is 2.46 bits per heavy atom. The van der Waals surface area contributed by atoms with Crippen molar-refractivity contribution in [2.45, 2.75) is 31.7 Å². The zero-order valence-electron chi connectivity index (χ0n) is 8.03. The molecule has 76 valence electrons. The molecular formula is C9H16O4. The van der Waals surface area contributed by atoms with Crippen molar-refractivity contribution in [2.24, 2.45) is 5.92 Å². The Morgan fingerprint density at radius 1 is 1.46 bits per heavy atom. The highest BCUT2D eigenvalue weighted by Gasteiger charge is 2.35. The van der Waals surface area contributed by atoms with Crippen LogP contribution in [0.4, 0.5) is 0 Å². The van der Waals surface area contributed by atoms with Crippen molar-refractivity contribution in [2.75, 3.05) is 14.2 Å². The fourth-order valence-electron chi connectivity index (χ4n) is 1.77. The van der Waals surface area contributed by atoms with Crippen molar-refractivity contribution < 1.29 is 19.4 Å². The molecule has 0 heterocycles. The zero-order valence-corrected chi connectivity index (χ0v) is 8.03. The average Bonchev–Trinajstić information content (AvgIpc) is 2.53. The molecule has 0 saturated heterocycles. The van der Waals surface area contributed by atoms with E-state index in [9.17, 15) is 9.90 Å². The number of hydrogen-bond donors (Lipinski definition) is 1. The number of rotatable bonds is 4. The van der Waals surface area contributed by atoms with E-state index >= 15 is 0 Å². The lowest BCUT2D eigenvalue weighted by Gasteiger charge is -2.23. The van der Waals surface area contributed by atoms with Gasteiger partial charge in [0.05, 0.1) is 0 Å². The first-order valence-corrected chi connectivity index (χ1v) is 4.47. The summed E-state index contributed by atoms with van der Waals surface area (Å²) in [7, 11) is 2.91. The van der Waals surface area contributed by atoms with Crippen molar-refractivity contribution in [1.29, 1.82) is 0 Å². The monoisotopic (exact) mass is 188 g/mol. The summed E-state index contributed by atoms with van der Waals surface area (Å²) < 4.78 is 9.80. The number of aliphatic hydroxyl groups is 1. The molecule has 1 aliphatic rings. The summed E-state index contributed by atoms with van der Waals surface area (Å²) in [6.07, 6.45) is 0.656. The van der Waals surface area contributed by atoms with Gasteiger partial charge in [-0.3, -0.25) is 4.79 Å². The van der Waals surface area contributed by atoms with Gasteiger partial charge in [-0.2, -0.15) is 0 Å². The Hall–Kier alpha value is -0.450. The second-order valence-electron chi connectivity index (χ2n) is 3.30. The number of ether oxygens (including phenoxy) is 2. The molecule has 13 heavy (non-hydrogen) atoms. The number of methoxy groups -OCH3 is 2. The van der Waals surface area contributed by atoms with Gasteiger partial charge in [-0.1, -0.05) is 0 Å². The molecule has 0 aromatic carbocycles. The van der Waals surface area contributed by atoms with Gasteiger partial charge in [-0.15, -0.1) is 0 Å². The number of aliphatic hydroxyl groups excluding tert-OH is 1. The van der Waals surface area contributed by atoms with Gasteiger partial charge < -0.3 is 14.6 Å². The van der Waals surface area contributed by atoms with E-state index in [0.29, 0.717) is 6.42 Å². The smallest absolute Gasteiger partial charge is 0.183 e. The SMILES string of the molecule is COC(OC)[C@H](O)C1CCCC1=O. The molecule has 4 nitrogen and oxygen atoms in total. The van der Waals surface area contributed by atoms with Crippen molar-refractivity contribution >= 4 is 5.78 Å². The number of ketones is 1. The molecule has 1 N–H and O–H groups in total. The predicted octanol–water partition coefficient (Wildman–Crippen LogP) is 0.335. The van der Waals surface area contributed by atoms with E-state index in [4.69, 9.17) is 9.47 Å². The van der Waals surface area contributed by atoms with Crippen LogP contribution in [0.2, 0.25) is 0 Å². The maximum absolute atomic E-state index is 11.3. The highest BCUT2D eigenvalue weighted by molar-refractivity contribution is 5.83. The number of carbonyl (C=O) groups is 1. The van der Waals surface area contributed by atoms with E-state index < -0.39 is 12.4 Å². The lowest BCUT2D eigenvalue weighted by atomic mass is 9.99. The maximum Gasteiger partial charge on any atom is 0.183 e. The molecule has 0 aromatic heterocycles. The summed E-state index contributed by atoms with van der Waals surface area (Å²) in [6, 6.07) is 0. The largest absolute Gasteiger partial charge is 0.387 e. The topological polar surface area (TPSA) is 55.8 Å². The van der Waals surface area contributed by atoms with Crippen LogP contribution in [0.5, 0.6) is 0 Å². The highest BCUT2D eigenvalue weighted by Crippen LogP contribution is 2.26. The summed E-state index contributed by atoms with van der Waals surface area (Å²) >= 11 is 0. The van der Waals surface area contributed by atoms with Gasteiger partial charge >= 0.3 is 0 Å². The minimum absolute atomic E-state index is 0.117. The first-order chi connectivity index (χ1) is 6.20. The van der Waals surface area contributed by atoms with Gasteiger partial charge in [-0.25, -0.2) is 0 Å². The van der Waals surface area contributed by atoms with Gasteiger partial charge in [0, 0.05) is 26.6 Å². The molecule has 0 aliphatic heterocycles. The standard InChI is InChI=1S/C9H16O4/c1-12-9(13-2)8(11)6-4-3-5-7(6)10/h6,8-9,11H,3-5H2,1-2H3/t6?,8-/m1/s1. The third-order valence-corrected chi connectivity index (χ3v) is 2.51. The quantitative estimate of drug-likeness (QED) is 0.646. The molecule has 1 rings (SSSR count). The van der Waals surface area contributed by atoms with Crippen LogP contribution < -0.4 is 0 Å². The van der Waals surface area contributed by atoms with Gasteiger partial charge in [0.15, 0.2) is 6.29 Å². The molecule has 4 heteroatoms. The van der Waals surface area contributed by atoms with Crippen molar-refractivity contribution in [3.8, 4) is 0 Å². The third kappa shape index (κ3) is 2.27. The first-order valence-electron chi connectivity index (χ1n) is 4.47. The summed E-state index contributed by atoms with van der Waals surface area (Å²) in [5.74, 6) is -0.184. The van der Waals surface area contributed by atoms with E-state index in [1.165, 1.54) is 14.2 Å². The zero-order chi connectivity index (χ0) is 9.84. The predicted molar refractivity (Wildman–Crippen MR) is 46.2 cm³/mol. The molecule has 0 aromatic rings. The van der Waals surface area contributed by atoms with Gasteiger partial charge in [0.1, 0.15) is 11.9 Å². The van der Waals surface area contributed by atoms with Crippen molar-refractivity contribution in [3.05, 3.63) is 0 Å². The molecule has 0 spiro atoms. The molecule has 0 radical (unpaired) electrons. The molecule has 1 fully saturated rings. The minimum atomic E-state index is -0.829. The second-order valence-corrected chi connectivity index (χ2v) is 3.30. The van der Waals surface area contributed by atoms with Crippen LogP contribution >= 0.6 is 0 Å². The fourth-order valence-corrected chi connectivity index (χ4v) is 1.77. The number of hydrogen-bond acceptors (Lipinski definition) is 4. The summed E-state index contributed by atoms with van der Waals surface area (Å²) in [5.41, 5.74) is 0. The summed E-state index contributed by atoms with van der Waals surface area (Å²) in [5, 5.41) is 9.71. The normalized spacial score (nSPS) is 25.5. The van der Waals surface area contributed by atoms with Crippen molar-refractivity contribution in [3.63, 3.8) is 0 Å². The fraction of sp³-hybridized carbons (Fsp3) is 0.889. The van der Waals surface area contributed by atoms with Crippen LogP contribution in [0.25, 0.3) is 0 Å². The Kier molecular flexibility index (Phi) is 3.84. The van der Waals surface area contributed by atoms with E-state index in [2.05, 4.69) is 0 Å². The Balaban J connectivity index is 2.54. The summed E-state index contributed by atoms with van der Waals surface area (Å²) in [6.45, 7) is 0. The van der Waals surface area contributed by atoms with Gasteiger partial charge in [-0.05, 0) is 12.8 Å². The van der Waals surface area contributed by atoms with Crippen LogP contribution in [-0.4, -0.2) is 37.5 Å². The van der Waals surface area contributed by atoms with Gasteiger partial charge in [0.25, 0.3) is 0 Å². The molecule has 0 bridgehead atoms. The molecule has 1 aliphatic carbocycles. The maximum atomic E-state index is 11.3. The lowest BCUT2D eigenvalue weighted by Crippen LogP contribution is -2.38. The van der Waals surface area contributed by atoms with Gasteiger partial charge in [0.2, 0.25) is 0 Å². The van der Waals surface area contributed by atoms with Crippen LogP contribution in [0.15, 0.2) is 0 Å². The minimum Gasteiger partial charge on any atom is -0.387 e. The number of carbonyl (C=O) groups excluding carboxylic acids is 1. The van der Waals surface area contributed by atoms with Crippen LogP contribution in [0.3, 0.4) is 0 Å². The third-order valence-electron chi connectivity index (χ3n) is 2.51. The van der Waals surface area contributed by atoms with Crippen LogP contribution in [-0.2, 0) is 14.3 Å². The van der Waals surface area contributed by atoms with E-state index in [1.54, 1.807) is 0 Å². The van der Waals surface area contributed by atoms with E-state index in [0.717, 1.165) is 12.8 Å². The van der Waals surface area contributed by atoms with E-state index in [1.807, 2.05) is 0 Å². The molecule has 2 atom stereocenters. The van der Waals surface area contributed by atoms with E-state index in [-0.39, 0.29) is 11.7 Å². The van der Waals surface area contributed by atoms with Crippen LogP contribution in [0.1, 0.15) is 19.3 Å². The molecule has 1 saturated carbocycles. The van der Waals surface area contributed by atoms with Crippen molar-refractivity contribution in [1.82, 2.24) is 0 Å². The lowest BCUT2D eigenvalue weighted by molar-refractivity contribution is -0.179. The van der Waals surface area contributed by atoms with Crippen LogP contribution in [0, 0.1) is 5.92 Å². The Morgan fingerprint density at radius 2 is 2.08 bits per heavy atom. The Bertz CT molecular complexity index is 176.